The van der Waals surface area contributed by atoms with Crippen molar-refractivity contribution in [3.63, 3.8) is 0 Å². The minimum atomic E-state index is -1.75. The lowest BCUT2D eigenvalue weighted by atomic mass is 9.97. The highest BCUT2D eigenvalue weighted by Gasteiger charge is 2.49. The van der Waals surface area contributed by atoms with Crippen molar-refractivity contribution >= 4 is 52.5 Å². The van der Waals surface area contributed by atoms with Crippen LogP contribution in [0.2, 0.25) is 20.1 Å². The summed E-state index contributed by atoms with van der Waals surface area (Å²) in [6.07, 6.45) is -0.969. The predicted octanol–water partition coefficient (Wildman–Crippen LogP) is 5.90. The summed E-state index contributed by atoms with van der Waals surface area (Å²) >= 11 is 25.1. The van der Waals surface area contributed by atoms with Crippen molar-refractivity contribution in [3.05, 3.63) is 85.6 Å². The number of carbonyl (C=O) groups excluding carboxylic acids is 1. The number of halogens is 5. The van der Waals surface area contributed by atoms with Gasteiger partial charge in [-0.3, -0.25) is 0 Å². The third-order valence-corrected chi connectivity index (χ3v) is 6.37. The van der Waals surface area contributed by atoms with Gasteiger partial charge in [0, 0.05) is 35.3 Å². The molecule has 2 N–H and O–H groups in total. The van der Waals surface area contributed by atoms with Crippen molar-refractivity contribution in [3.8, 4) is 17.2 Å². The monoisotopic (exact) mass is 575 g/mol. The van der Waals surface area contributed by atoms with E-state index in [1.807, 2.05) is 0 Å². The zero-order chi connectivity index (χ0) is 26.0. The summed E-state index contributed by atoms with van der Waals surface area (Å²) in [5.74, 6) is -3.10. The molecule has 0 radical (unpaired) electrons. The number of amides is 1. The Morgan fingerprint density at radius 2 is 1.36 bits per heavy atom. The number of nitrogens with zero attached hydrogens (tertiary/aromatic N) is 1. The molecule has 0 saturated heterocycles. The van der Waals surface area contributed by atoms with Crippen LogP contribution in [0.25, 0.3) is 0 Å². The summed E-state index contributed by atoms with van der Waals surface area (Å²) < 4.78 is 32.5. The van der Waals surface area contributed by atoms with Gasteiger partial charge in [-0.1, -0.05) is 46.4 Å². The molecule has 0 unspecified atom stereocenters. The number of rotatable bonds is 7. The Bertz CT molecular complexity index is 1250. The first-order chi connectivity index (χ1) is 17.2. The van der Waals surface area contributed by atoms with Crippen LogP contribution in [0.3, 0.4) is 0 Å². The largest absolute Gasteiger partial charge is 0.440 e. The number of hydrogen-bond acceptors (Lipinski definition) is 6. The first-order valence-corrected chi connectivity index (χ1v) is 12.0. The van der Waals surface area contributed by atoms with Crippen LogP contribution >= 0.6 is 46.4 Å². The smallest absolute Gasteiger partial charge is 0.415 e. The average molecular weight is 577 g/mol. The summed E-state index contributed by atoms with van der Waals surface area (Å²) in [6.45, 7) is -0.965. The topological polar surface area (TPSA) is 88.5 Å². The van der Waals surface area contributed by atoms with E-state index in [4.69, 9.17) is 70.8 Å². The summed E-state index contributed by atoms with van der Waals surface area (Å²) in [4.78, 5) is 13.5. The van der Waals surface area contributed by atoms with Crippen LogP contribution in [0, 0.1) is 5.82 Å². The van der Waals surface area contributed by atoms with Crippen LogP contribution in [0.4, 0.5) is 9.18 Å². The standard InChI is InChI=1S/C24H18Cl4FNO6/c25-13-1-3-15(17(27)9-13)24(16-4-2-14(26)10-18(16)28)35-21-11-19(29)20(12-22(21)36-24)34-23(33)30(5-7-31)6-8-32/h1-4,9-12,31-32H,5-8H2. The zero-order valence-electron chi connectivity index (χ0n) is 18.3. The Balaban J connectivity index is 1.77. The van der Waals surface area contributed by atoms with E-state index >= 15 is 0 Å². The van der Waals surface area contributed by atoms with Gasteiger partial charge < -0.3 is 29.3 Å². The molecule has 12 heteroatoms. The van der Waals surface area contributed by atoms with E-state index in [-0.39, 0.29) is 47.8 Å². The lowest BCUT2D eigenvalue weighted by Crippen LogP contribution is -2.38. The second kappa shape index (κ2) is 10.9. The SMILES string of the molecule is O=C(Oc1cc2c(cc1F)OC(c1ccc(Cl)cc1Cl)(c1ccc(Cl)cc1Cl)O2)N(CCO)CCO. The lowest BCUT2D eigenvalue weighted by molar-refractivity contribution is -0.0457. The van der Waals surface area contributed by atoms with E-state index < -0.39 is 23.4 Å². The highest BCUT2D eigenvalue weighted by atomic mass is 35.5. The Labute approximate surface area is 225 Å². The first-order valence-electron chi connectivity index (χ1n) is 10.5. The zero-order valence-corrected chi connectivity index (χ0v) is 21.3. The Kier molecular flexibility index (Phi) is 8.04. The molecule has 3 aromatic carbocycles. The van der Waals surface area contributed by atoms with E-state index in [1.165, 1.54) is 12.1 Å². The van der Waals surface area contributed by atoms with Gasteiger partial charge in [0.2, 0.25) is 0 Å². The highest BCUT2D eigenvalue weighted by molar-refractivity contribution is 6.36. The second-order valence-corrected chi connectivity index (χ2v) is 9.29. The maximum absolute atomic E-state index is 14.9. The number of ether oxygens (including phenoxy) is 3. The second-order valence-electron chi connectivity index (χ2n) is 7.60. The molecule has 0 spiro atoms. The summed E-state index contributed by atoms with van der Waals surface area (Å²) in [7, 11) is 0. The molecule has 0 saturated carbocycles. The highest BCUT2D eigenvalue weighted by Crippen LogP contribution is 2.52. The molecule has 0 bridgehead atoms. The molecule has 4 rings (SSSR count). The predicted molar refractivity (Wildman–Crippen MR) is 133 cm³/mol. The van der Waals surface area contributed by atoms with Crippen LogP contribution in [0.5, 0.6) is 17.2 Å². The first kappa shape index (κ1) is 26.6. The van der Waals surface area contributed by atoms with Crippen molar-refractivity contribution < 1.29 is 33.6 Å². The summed E-state index contributed by atoms with van der Waals surface area (Å²) in [5.41, 5.74) is 0.648. The van der Waals surface area contributed by atoms with Gasteiger partial charge in [-0.2, -0.15) is 0 Å². The molecule has 190 valence electrons. The molecule has 0 aromatic heterocycles. The molecule has 0 fully saturated rings. The molecule has 0 atom stereocenters. The van der Waals surface area contributed by atoms with Gasteiger partial charge in [0.15, 0.2) is 23.1 Å². The van der Waals surface area contributed by atoms with E-state index in [9.17, 15) is 9.18 Å². The minimum Gasteiger partial charge on any atom is -0.440 e. The molecule has 1 aliphatic rings. The van der Waals surface area contributed by atoms with Crippen molar-refractivity contribution in [2.24, 2.45) is 0 Å². The third kappa shape index (κ3) is 5.16. The molecule has 1 heterocycles. The Morgan fingerprint density at radius 3 is 1.83 bits per heavy atom. The summed E-state index contributed by atoms with van der Waals surface area (Å²) in [6, 6.07) is 11.4. The molecule has 7 nitrogen and oxygen atoms in total. The quantitative estimate of drug-likeness (QED) is 0.364. The molecule has 3 aromatic rings. The van der Waals surface area contributed by atoms with Crippen LogP contribution in [0.1, 0.15) is 11.1 Å². The van der Waals surface area contributed by atoms with Gasteiger partial charge in [0.05, 0.1) is 34.4 Å². The van der Waals surface area contributed by atoms with Gasteiger partial charge >= 0.3 is 11.9 Å². The number of aliphatic hydroxyl groups is 2. The van der Waals surface area contributed by atoms with E-state index in [0.29, 0.717) is 21.2 Å². The van der Waals surface area contributed by atoms with Gasteiger partial charge in [-0.05, 0) is 36.4 Å². The van der Waals surface area contributed by atoms with Crippen LogP contribution in [0.15, 0.2) is 48.5 Å². The van der Waals surface area contributed by atoms with E-state index in [2.05, 4.69) is 0 Å². The number of benzene rings is 3. The number of hydrogen-bond donors (Lipinski definition) is 2. The molecule has 0 aliphatic carbocycles. The fourth-order valence-corrected chi connectivity index (χ4v) is 4.72. The van der Waals surface area contributed by atoms with Gasteiger partial charge in [0.1, 0.15) is 0 Å². The van der Waals surface area contributed by atoms with Gasteiger partial charge in [0.25, 0.3) is 0 Å². The van der Waals surface area contributed by atoms with Crippen LogP contribution in [-0.4, -0.2) is 47.5 Å². The van der Waals surface area contributed by atoms with Crippen molar-refractivity contribution in [1.82, 2.24) is 4.90 Å². The Morgan fingerprint density at radius 1 is 0.861 bits per heavy atom. The average Bonchev–Trinajstić information content (AvgIpc) is 3.17. The fraction of sp³-hybridized carbons (Fsp3) is 0.208. The van der Waals surface area contributed by atoms with Gasteiger partial charge in [-0.25, -0.2) is 9.18 Å². The van der Waals surface area contributed by atoms with Crippen LogP contribution in [-0.2, 0) is 5.79 Å². The molecule has 36 heavy (non-hydrogen) atoms. The Hall–Kier alpha value is -2.46. The molecule has 1 amide bonds. The fourth-order valence-electron chi connectivity index (χ4n) is 3.66. The number of carbonyl (C=O) groups is 1. The van der Waals surface area contributed by atoms with E-state index in [1.54, 1.807) is 24.3 Å². The van der Waals surface area contributed by atoms with Crippen molar-refractivity contribution in [1.29, 1.82) is 0 Å². The third-order valence-electron chi connectivity index (χ3n) is 5.27. The van der Waals surface area contributed by atoms with Crippen LogP contribution < -0.4 is 14.2 Å². The number of fused-ring (bicyclic) bond motifs is 1. The minimum absolute atomic E-state index is 0.00750. The normalized spacial score (nSPS) is 13.5. The maximum atomic E-state index is 14.9. The van der Waals surface area contributed by atoms with E-state index in [0.717, 1.165) is 17.0 Å². The molecule has 1 aliphatic heterocycles. The van der Waals surface area contributed by atoms with Crippen molar-refractivity contribution in [2.45, 2.75) is 5.79 Å². The van der Waals surface area contributed by atoms with Crippen molar-refractivity contribution in [2.75, 3.05) is 26.3 Å². The molecular formula is C24H18Cl4FNO6. The lowest BCUT2D eigenvalue weighted by Gasteiger charge is -2.30. The molecular weight excluding hydrogens is 559 g/mol. The van der Waals surface area contributed by atoms with Gasteiger partial charge in [-0.15, -0.1) is 0 Å². The summed E-state index contributed by atoms with van der Waals surface area (Å²) in [5, 5.41) is 19.4. The number of aliphatic hydroxyl groups excluding tert-OH is 2. The maximum Gasteiger partial charge on any atom is 0.415 e.